The van der Waals surface area contributed by atoms with Crippen LogP contribution in [0.3, 0.4) is 0 Å². The van der Waals surface area contributed by atoms with Gasteiger partial charge in [-0.2, -0.15) is 0 Å². The second kappa shape index (κ2) is 7.83. The molecule has 0 saturated heterocycles. The second-order valence-corrected chi connectivity index (χ2v) is 5.80. The molecule has 6 nitrogen and oxygen atoms in total. The van der Waals surface area contributed by atoms with Crippen molar-refractivity contribution in [1.29, 1.82) is 0 Å². The van der Waals surface area contributed by atoms with Gasteiger partial charge in [-0.25, -0.2) is 4.79 Å². The van der Waals surface area contributed by atoms with E-state index in [9.17, 15) is 14.7 Å². The van der Waals surface area contributed by atoms with E-state index in [-0.39, 0.29) is 17.1 Å². The van der Waals surface area contributed by atoms with Crippen LogP contribution in [0.2, 0.25) is 0 Å². The van der Waals surface area contributed by atoms with Gasteiger partial charge in [-0.15, -0.1) is 0 Å². The fourth-order valence-corrected chi connectivity index (χ4v) is 2.23. The van der Waals surface area contributed by atoms with E-state index < -0.39 is 18.5 Å². The first-order chi connectivity index (χ1) is 11.4. The molecule has 0 heterocycles. The van der Waals surface area contributed by atoms with Gasteiger partial charge in [0.15, 0.2) is 18.1 Å². The van der Waals surface area contributed by atoms with Crippen molar-refractivity contribution in [2.75, 3.05) is 19.0 Å². The fraction of sp³-hybridized carbons (Fsp3) is 0.176. The predicted octanol–water partition coefficient (Wildman–Crippen LogP) is 3.27. The largest absolute Gasteiger partial charge is 0.504 e. The number of para-hydroxylation sites is 1. The van der Waals surface area contributed by atoms with Gasteiger partial charge in [0.05, 0.1) is 7.11 Å². The number of hydrogen-bond donors (Lipinski definition) is 2. The molecule has 0 saturated carbocycles. The van der Waals surface area contributed by atoms with Gasteiger partial charge in [-0.3, -0.25) is 4.79 Å². The quantitative estimate of drug-likeness (QED) is 0.761. The zero-order chi connectivity index (χ0) is 17.7. The Kier molecular flexibility index (Phi) is 5.81. The average molecular weight is 394 g/mol. The molecule has 0 aliphatic carbocycles. The molecule has 2 N–H and O–H groups in total. The Balaban J connectivity index is 1.96. The van der Waals surface area contributed by atoms with E-state index in [0.29, 0.717) is 5.69 Å². The molecule has 0 aromatic heterocycles. The third kappa shape index (κ3) is 4.26. The molecular formula is C17H16BrNO5. The number of esters is 1. The number of benzene rings is 2. The third-order valence-corrected chi connectivity index (χ3v) is 4.10. The Hall–Kier alpha value is -2.54. The lowest BCUT2D eigenvalue weighted by Gasteiger charge is -2.10. The second-order valence-electron chi connectivity index (χ2n) is 4.94. The first kappa shape index (κ1) is 17.8. The summed E-state index contributed by atoms with van der Waals surface area (Å²) >= 11 is 3.37. The van der Waals surface area contributed by atoms with Crippen LogP contribution in [0.25, 0.3) is 0 Å². The number of rotatable bonds is 5. The SMILES string of the molecule is COc1cccc(C(=O)OCC(=O)Nc2ccc(Br)c(C)c2)c1O. The van der Waals surface area contributed by atoms with Gasteiger partial charge in [0.25, 0.3) is 5.91 Å². The summed E-state index contributed by atoms with van der Waals surface area (Å²) in [6.07, 6.45) is 0. The van der Waals surface area contributed by atoms with Crippen LogP contribution in [0.15, 0.2) is 40.9 Å². The van der Waals surface area contributed by atoms with Crippen molar-refractivity contribution in [3.63, 3.8) is 0 Å². The summed E-state index contributed by atoms with van der Waals surface area (Å²) in [4.78, 5) is 23.8. The molecule has 2 aromatic rings. The van der Waals surface area contributed by atoms with Crippen LogP contribution in [0.1, 0.15) is 15.9 Å². The highest BCUT2D eigenvalue weighted by molar-refractivity contribution is 9.10. The first-order valence-corrected chi connectivity index (χ1v) is 7.80. The summed E-state index contributed by atoms with van der Waals surface area (Å²) in [5, 5.41) is 12.5. The first-order valence-electron chi connectivity index (χ1n) is 7.01. The van der Waals surface area contributed by atoms with Crippen molar-refractivity contribution in [3.05, 3.63) is 52.0 Å². The number of hydrogen-bond acceptors (Lipinski definition) is 5. The van der Waals surface area contributed by atoms with Gasteiger partial charge in [0, 0.05) is 10.2 Å². The third-order valence-electron chi connectivity index (χ3n) is 3.21. The van der Waals surface area contributed by atoms with Crippen LogP contribution in [-0.4, -0.2) is 30.7 Å². The van der Waals surface area contributed by atoms with Gasteiger partial charge in [0.2, 0.25) is 0 Å². The van der Waals surface area contributed by atoms with Crippen molar-refractivity contribution in [1.82, 2.24) is 0 Å². The lowest BCUT2D eigenvalue weighted by molar-refractivity contribution is -0.119. The molecule has 7 heteroatoms. The standard InChI is InChI=1S/C17H16BrNO5/c1-10-8-11(6-7-13(10)18)19-15(20)9-24-17(22)12-4-3-5-14(23-2)16(12)21/h3-8,21H,9H2,1-2H3,(H,19,20). The van der Waals surface area contributed by atoms with Crippen molar-refractivity contribution < 1.29 is 24.2 Å². The molecule has 0 aliphatic rings. The van der Waals surface area contributed by atoms with Gasteiger partial charge in [-0.1, -0.05) is 22.0 Å². The number of carbonyl (C=O) groups is 2. The van der Waals surface area contributed by atoms with Crippen LogP contribution in [0, 0.1) is 6.92 Å². The van der Waals surface area contributed by atoms with E-state index in [1.807, 2.05) is 13.0 Å². The Labute approximate surface area is 147 Å². The Morgan fingerprint density at radius 1 is 1.25 bits per heavy atom. The van der Waals surface area contributed by atoms with E-state index in [0.717, 1.165) is 10.0 Å². The Morgan fingerprint density at radius 2 is 2.00 bits per heavy atom. The highest BCUT2D eigenvalue weighted by Gasteiger charge is 2.17. The normalized spacial score (nSPS) is 10.1. The highest BCUT2D eigenvalue weighted by atomic mass is 79.9. The summed E-state index contributed by atoms with van der Waals surface area (Å²) in [5.41, 5.74) is 1.49. The maximum Gasteiger partial charge on any atom is 0.342 e. The summed E-state index contributed by atoms with van der Waals surface area (Å²) in [7, 11) is 1.37. The Bertz CT molecular complexity index is 776. The maximum atomic E-state index is 12.0. The van der Waals surface area contributed by atoms with Crippen LogP contribution in [0.5, 0.6) is 11.5 Å². The number of anilines is 1. The molecule has 0 unspecified atom stereocenters. The molecule has 0 bridgehead atoms. The maximum absolute atomic E-state index is 12.0. The van der Waals surface area contributed by atoms with E-state index in [1.54, 1.807) is 18.2 Å². The number of phenolic OH excluding ortho intramolecular Hbond substituents is 1. The molecule has 0 fully saturated rings. The molecule has 0 atom stereocenters. The van der Waals surface area contributed by atoms with Crippen molar-refractivity contribution >= 4 is 33.5 Å². The van der Waals surface area contributed by atoms with Crippen LogP contribution < -0.4 is 10.1 Å². The van der Waals surface area contributed by atoms with Gasteiger partial charge >= 0.3 is 5.97 Å². The van der Waals surface area contributed by atoms with Crippen molar-refractivity contribution in [3.8, 4) is 11.5 Å². The van der Waals surface area contributed by atoms with Crippen LogP contribution in [0.4, 0.5) is 5.69 Å². The molecule has 24 heavy (non-hydrogen) atoms. The van der Waals surface area contributed by atoms with Crippen LogP contribution in [-0.2, 0) is 9.53 Å². The number of halogens is 1. The number of ether oxygens (including phenoxy) is 2. The smallest absolute Gasteiger partial charge is 0.342 e. The predicted molar refractivity (Wildman–Crippen MR) is 92.5 cm³/mol. The van der Waals surface area contributed by atoms with Crippen molar-refractivity contribution in [2.45, 2.75) is 6.92 Å². The Morgan fingerprint density at radius 3 is 2.67 bits per heavy atom. The molecule has 2 aromatic carbocycles. The zero-order valence-electron chi connectivity index (χ0n) is 13.1. The lowest BCUT2D eigenvalue weighted by Crippen LogP contribution is -2.21. The van der Waals surface area contributed by atoms with E-state index >= 15 is 0 Å². The molecule has 0 spiro atoms. The molecule has 0 radical (unpaired) electrons. The summed E-state index contributed by atoms with van der Waals surface area (Å²) in [5.74, 6) is -1.46. The van der Waals surface area contributed by atoms with Gasteiger partial charge < -0.3 is 19.9 Å². The number of aryl methyl sites for hydroxylation is 1. The fourth-order valence-electron chi connectivity index (χ4n) is 1.98. The minimum absolute atomic E-state index is 0.0679. The van der Waals surface area contributed by atoms with E-state index in [2.05, 4.69) is 21.2 Å². The number of phenols is 1. The number of aromatic hydroxyl groups is 1. The van der Waals surface area contributed by atoms with Crippen molar-refractivity contribution in [2.24, 2.45) is 0 Å². The molecule has 126 valence electrons. The lowest BCUT2D eigenvalue weighted by atomic mass is 10.2. The number of amides is 1. The monoisotopic (exact) mass is 393 g/mol. The summed E-state index contributed by atoms with van der Waals surface area (Å²) in [6.45, 7) is 1.43. The summed E-state index contributed by atoms with van der Waals surface area (Å²) in [6, 6.07) is 9.76. The van der Waals surface area contributed by atoms with Gasteiger partial charge in [-0.05, 0) is 42.8 Å². The molecular weight excluding hydrogens is 378 g/mol. The number of methoxy groups -OCH3 is 1. The zero-order valence-corrected chi connectivity index (χ0v) is 14.7. The topological polar surface area (TPSA) is 84.9 Å². The van der Waals surface area contributed by atoms with E-state index in [1.165, 1.54) is 19.2 Å². The highest BCUT2D eigenvalue weighted by Crippen LogP contribution is 2.29. The minimum atomic E-state index is -0.812. The molecule has 2 rings (SSSR count). The van der Waals surface area contributed by atoms with Crippen LogP contribution >= 0.6 is 15.9 Å². The number of nitrogens with one attached hydrogen (secondary N) is 1. The van der Waals surface area contributed by atoms with Gasteiger partial charge in [0.1, 0.15) is 5.56 Å². The molecule has 0 aliphatic heterocycles. The summed E-state index contributed by atoms with van der Waals surface area (Å²) < 4.78 is 10.8. The minimum Gasteiger partial charge on any atom is -0.504 e. The number of carbonyl (C=O) groups excluding carboxylic acids is 2. The van der Waals surface area contributed by atoms with E-state index in [4.69, 9.17) is 9.47 Å². The molecule has 1 amide bonds. The average Bonchev–Trinajstić information content (AvgIpc) is 2.56.